The molecule has 3 aromatic carbocycles. The van der Waals surface area contributed by atoms with Crippen molar-refractivity contribution < 1.29 is 46.6 Å². The molecule has 73 heavy (non-hydrogen) atoms. The lowest BCUT2D eigenvalue weighted by atomic mass is 9.85. The third-order valence-corrected chi connectivity index (χ3v) is 14.5. The van der Waals surface area contributed by atoms with E-state index in [2.05, 4.69) is 29.5 Å². The Morgan fingerprint density at radius 3 is 2.23 bits per heavy atom. The number of benzene rings is 3. The summed E-state index contributed by atoms with van der Waals surface area (Å²) in [6.45, 7) is 19.3. The number of rotatable bonds is 21. The van der Waals surface area contributed by atoms with Crippen LogP contribution in [0, 0.1) is 35.0 Å². The quantitative estimate of drug-likeness (QED) is 0.0603. The zero-order chi connectivity index (χ0) is 53.5. The number of likely N-dealkylation sites (tertiary alicyclic amines) is 1. The van der Waals surface area contributed by atoms with Gasteiger partial charge in [-0.15, -0.1) is 11.3 Å². The Hall–Kier alpha value is -5.94. The van der Waals surface area contributed by atoms with E-state index in [4.69, 9.17) is 26.4 Å². The fraction of sp³-hybridized carbons (Fsp3) is 0.500. The summed E-state index contributed by atoms with van der Waals surface area (Å²) in [7, 11) is 0. The molecular formula is C54H66F3N7O7S2. The standard InChI is InChI=1S/C54H66F3N7O7S2/c1-34-27-43(47(66)59-30-36-11-13-37(14-12-36)45-35(2)60-33-73-45)62(31-34)48(67)46(51(3,4)5)61-44(65)32-70-24-10-23-69-25-21-52(6,7)22-26-71-41-19-17-39(18-20-41)64-50(72)63(49(68)53(64,8)9)40-16-15-38(29-58)42(28-40)54(55,56)57/h11-20,28,33-34,43,46H,10,21-27,30-32H2,1-9H3,(H,59,66)(H,61,65)/t34-,43+,46-/m1/s1. The summed E-state index contributed by atoms with van der Waals surface area (Å²) in [6, 6.07) is 18.1. The molecule has 0 radical (unpaired) electrons. The van der Waals surface area contributed by atoms with Crippen LogP contribution < -0.4 is 25.2 Å². The van der Waals surface area contributed by atoms with Gasteiger partial charge in [0.05, 0.1) is 45.6 Å². The van der Waals surface area contributed by atoms with Crippen LogP contribution >= 0.6 is 23.6 Å². The van der Waals surface area contributed by atoms with Gasteiger partial charge in [-0.2, -0.15) is 18.4 Å². The van der Waals surface area contributed by atoms with E-state index in [-0.39, 0.29) is 47.2 Å². The van der Waals surface area contributed by atoms with Gasteiger partial charge in [0.2, 0.25) is 17.7 Å². The van der Waals surface area contributed by atoms with Gasteiger partial charge in [-0.05, 0) is 129 Å². The Morgan fingerprint density at radius 1 is 0.945 bits per heavy atom. The fourth-order valence-electron chi connectivity index (χ4n) is 8.81. The first-order valence-corrected chi connectivity index (χ1v) is 25.7. The Kier molecular flexibility index (Phi) is 18.1. The molecular weight excluding hydrogens is 980 g/mol. The maximum Gasteiger partial charge on any atom is 0.417 e. The molecule has 2 aliphatic rings. The van der Waals surface area contributed by atoms with Gasteiger partial charge in [0.1, 0.15) is 30.0 Å². The molecule has 0 bridgehead atoms. The molecule has 0 saturated carbocycles. The van der Waals surface area contributed by atoms with Gasteiger partial charge in [0, 0.05) is 38.6 Å². The minimum Gasteiger partial charge on any atom is -0.494 e. The molecule has 0 unspecified atom stereocenters. The van der Waals surface area contributed by atoms with E-state index in [1.165, 1.54) is 6.07 Å². The highest BCUT2D eigenvalue weighted by Crippen LogP contribution is 2.40. The number of nitrogens with one attached hydrogen (secondary N) is 2. The molecule has 0 spiro atoms. The van der Waals surface area contributed by atoms with Crippen LogP contribution in [-0.2, 0) is 41.4 Å². The van der Waals surface area contributed by atoms with E-state index in [1.54, 1.807) is 65.3 Å². The third kappa shape index (κ3) is 14.0. The van der Waals surface area contributed by atoms with Crippen LogP contribution in [0.1, 0.15) is 103 Å². The molecule has 3 heterocycles. The van der Waals surface area contributed by atoms with Crippen molar-refractivity contribution in [3.8, 4) is 22.3 Å². The first-order chi connectivity index (χ1) is 34.3. The van der Waals surface area contributed by atoms with E-state index >= 15 is 0 Å². The normalized spacial score (nSPS) is 17.4. The number of alkyl halides is 3. The number of carbonyl (C=O) groups is 4. The highest BCUT2D eigenvalue weighted by Gasteiger charge is 2.51. The van der Waals surface area contributed by atoms with Crippen LogP contribution in [0.15, 0.2) is 72.2 Å². The van der Waals surface area contributed by atoms with Crippen molar-refractivity contribution in [1.29, 1.82) is 5.26 Å². The van der Waals surface area contributed by atoms with Crippen molar-refractivity contribution >= 4 is 63.7 Å². The zero-order valence-corrected chi connectivity index (χ0v) is 44.6. The van der Waals surface area contributed by atoms with Crippen molar-refractivity contribution in [3.05, 3.63) is 94.6 Å². The highest BCUT2D eigenvalue weighted by molar-refractivity contribution is 7.81. The molecule has 392 valence electrons. The molecule has 1 aromatic heterocycles. The Bertz CT molecular complexity index is 2660. The number of aromatic nitrogens is 1. The molecule has 2 aliphatic heterocycles. The van der Waals surface area contributed by atoms with Gasteiger partial charge in [0.25, 0.3) is 5.91 Å². The second kappa shape index (κ2) is 23.5. The number of nitriles is 1. The number of hydrogen-bond donors (Lipinski definition) is 2. The van der Waals surface area contributed by atoms with Crippen LogP contribution in [0.5, 0.6) is 5.75 Å². The maximum absolute atomic E-state index is 14.1. The predicted molar refractivity (Wildman–Crippen MR) is 279 cm³/mol. The largest absolute Gasteiger partial charge is 0.494 e. The van der Waals surface area contributed by atoms with Crippen molar-refractivity contribution in [1.82, 2.24) is 20.5 Å². The predicted octanol–water partition coefficient (Wildman–Crippen LogP) is 9.62. The maximum atomic E-state index is 14.1. The van der Waals surface area contributed by atoms with Crippen molar-refractivity contribution in [2.45, 2.75) is 118 Å². The molecule has 2 fully saturated rings. The summed E-state index contributed by atoms with van der Waals surface area (Å²) in [5.74, 6) is -0.760. The van der Waals surface area contributed by atoms with Crippen LogP contribution in [0.3, 0.4) is 0 Å². The second-order valence-electron chi connectivity index (χ2n) is 21.1. The molecule has 14 nitrogen and oxygen atoms in total. The van der Waals surface area contributed by atoms with Crippen molar-refractivity contribution in [2.24, 2.45) is 16.7 Å². The minimum absolute atomic E-state index is 0.00353. The lowest BCUT2D eigenvalue weighted by molar-refractivity contribution is -0.144. The van der Waals surface area contributed by atoms with E-state index < -0.39 is 52.2 Å². The summed E-state index contributed by atoms with van der Waals surface area (Å²) in [5.41, 5.74) is 1.61. The summed E-state index contributed by atoms with van der Waals surface area (Å²) < 4.78 is 58.9. The molecule has 19 heteroatoms. The van der Waals surface area contributed by atoms with Gasteiger partial charge in [-0.25, -0.2) is 4.98 Å². The molecule has 4 amide bonds. The zero-order valence-electron chi connectivity index (χ0n) is 43.0. The van der Waals surface area contributed by atoms with Crippen LogP contribution in [0.2, 0.25) is 0 Å². The molecule has 3 atom stereocenters. The first-order valence-electron chi connectivity index (χ1n) is 24.4. The smallest absolute Gasteiger partial charge is 0.417 e. The van der Waals surface area contributed by atoms with Gasteiger partial charge in [0.15, 0.2) is 5.11 Å². The Balaban J connectivity index is 0.880. The summed E-state index contributed by atoms with van der Waals surface area (Å²) in [5, 5.41) is 15.1. The van der Waals surface area contributed by atoms with Gasteiger partial charge >= 0.3 is 6.18 Å². The van der Waals surface area contributed by atoms with E-state index in [1.807, 2.05) is 64.4 Å². The van der Waals surface area contributed by atoms with Crippen molar-refractivity contribution in [2.75, 3.05) is 49.4 Å². The molecule has 2 N–H and O–H groups in total. The number of thiazole rings is 1. The summed E-state index contributed by atoms with van der Waals surface area (Å²) in [6.07, 6.45) is -2.23. The SMILES string of the molecule is Cc1ncsc1-c1ccc(CNC(=O)[C@@H]2C[C@@H](C)CN2C(=O)[C@@H](NC(=O)COCCCOCCC(C)(C)CCOc2ccc(N3C(=S)N(c4ccc(C#N)c(C(F)(F)F)c4)C(=O)C3(C)C)cc2)C(C)(C)C)cc1. The average Bonchev–Trinajstić information content (AvgIpc) is 3.99. The van der Waals surface area contributed by atoms with Crippen LogP contribution in [-0.4, -0.2) is 95.8 Å². The third-order valence-electron chi connectivity index (χ3n) is 13.2. The number of ether oxygens (including phenoxy) is 3. The summed E-state index contributed by atoms with van der Waals surface area (Å²) >= 11 is 7.24. The van der Waals surface area contributed by atoms with Crippen molar-refractivity contribution in [3.63, 3.8) is 0 Å². The monoisotopic (exact) mass is 1050 g/mol. The second-order valence-corrected chi connectivity index (χ2v) is 22.3. The number of anilines is 2. The lowest BCUT2D eigenvalue weighted by Crippen LogP contribution is -2.58. The number of carbonyl (C=O) groups excluding carboxylic acids is 4. The van der Waals surface area contributed by atoms with Crippen LogP contribution in [0.25, 0.3) is 10.4 Å². The number of nitrogens with zero attached hydrogens (tertiary/aromatic N) is 5. The topological polar surface area (TPSA) is 166 Å². The van der Waals surface area contributed by atoms with Gasteiger partial charge in [-0.3, -0.25) is 24.1 Å². The highest BCUT2D eigenvalue weighted by atomic mass is 32.1. The van der Waals surface area contributed by atoms with E-state index in [0.717, 1.165) is 51.6 Å². The minimum atomic E-state index is -4.80. The van der Waals surface area contributed by atoms with E-state index in [9.17, 15) is 37.6 Å². The molecule has 2 saturated heterocycles. The first kappa shape index (κ1) is 56.4. The number of hydrogen-bond acceptors (Lipinski definition) is 11. The number of halogens is 3. The molecule has 0 aliphatic carbocycles. The molecule has 6 rings (SSSR count). The van der Waals surface area contributed by atoms with E-state index in [0.29, 0.717) is 57.2 Å². The Morgan fingerprint density at radius 2 is 1.60 bits per heavy atom. The van der Waals surface area contributed by atoms with Gasteiger partial charge in [-0.1, -0.05) is 65.8 Å². The lowest BCUT2D eigenvalue weighted by Gasteiger charge is -2.35. The number of aryl methyl sites for hydroxylation is 1. The number of amides is 4. The number of thiocarbonyl (C=S) groups is 1. The van der Waals surface area contributed by atoms with Crippen LogP contribution in [0.4, 0.5) is 24.5 Å². The average molecular weight is 1050 g/mol. The Labute approximate surface area is 435 Å². The summed E-state index contributed by atoms with van der Waals surface area (Å²) in [4.78, 5) is 64.1. The molecule has 4 aromatic rings. The fourth-order valence-corrected chi connectivity index (χ4v) is 10.1. The van der Waals surface area contributed by atoms with Gasteiger partial charge < -0.3 is 34.6 Å².